The summed E-state index contributed by atoms with van der Waals surface area (Å²) in [4.78, 5) is 0.673. The van der Waals surface area contributed by atoms with Gasteiger partial charge in [0.15, 0.2) is 0 Å². The summed E-state index contributed by atoms with van der Waals surface area (Å²) in [7, 11) is 0. The normalized spacial score (nSPS) is 19.8. The van der Waals surface area contributed by atoms with Gasteiger partial charge in [-0.1, -0.05) is 30.0 Å². The molecule has 4 heteroatoms. The zero-order chi connectivity index (χ0) is 11.8. The molecule has 1 fully saturated rings. The van der Waals surface area contributed by atoms with Crippen molar-refractivity contribution in [3.05, 3.63) is 29.8 Å². The zero-order valence-corrected chi connectivity index (χ0v) is 9.94. The van der Waals surface area contributed by atoms with E-state index in [9.17, 15) is 8.78 Å². The number of nitrogens with two attached hydrogens (primary N) is 1. The fraction of sp³-hybridized carbons (Fsp3) is 0.500. The predicted molar refractivity (Wildman–Crippen MR) is 62.9 cm³/mol. The summed E-state index contributed by atoms with van der Waals surface area (Å²) >= 11 is 0.620. The second-order valence-electron chi connectivity index (χ2n) is 4.32. The SMILES string of the molecule is CC(N)C1(c2ccccc2SC(F)F)CC1. The number of hydrogen-bond acceptors (Lipinski definition) is 2. The van der Waals surface area contributed by atoms with E-state index >= 15 is 0 Å². The maximum absolute atomic E-state index is 12.4. The van der Waals surface area contributed by atoms with Crippen LogP contribution in [-0.4, -0.2) is 11.8 Å². The summed E-state index contributed by atoms with van der Waals surface area (Å²) in [5.41, 5.74) is 6.91. The Labute approximate surface area is 98.4 Å². The van der Waals surface area contributed by atoms with Crippen LogP contribution in [0.5, 0.6) is 0 Å². The van der Waals surface area contributed by atoms with Crippen LogP contribution in [0.4, 0.5) is 8.78 Å². The van der Waals surface area contributed by atoms with Crippen LogP contribution < -0.4 is 5.73 Å². The molecule has 1 unspecified atom stereocenters. The molecule has 1 aliphatic rings. The predicted octanol–water partition coefficient (Wildman–Crippen LogP) is 3.38. The third kappa shape index (κ3) is 2.09. The molecule has 1 aromatic carbocycles. The largest absolute Gasteiger partial charge is 0.327 e. The first kappa shape index (κ1) is 11.9. The molecule has 0 saturated heterocycles. The summed E-state index contributed by atoms with van der Waals surface area (Å²) in [6, 6.07) is 7.40. The maximum Gasteiger partial charge on any atom is 0.288 e. The number of benzene rings is 1. The summed E-state index contributed by atoms with van der Waals surface area (Å²) in [5, 5.41) is 0. The molecule has 0 bridgehead atoms. The van der Waals surface area contributed by atoms with Gasteiger partial charge in [-0.15, -0.1) is 0 Å². The monoisotopic (exact) mass is 243 g/mol. The van der Waals surface area contributed by atoms with Crippen LogP contribution in [-0.2, 0) is 5.41 Å². The van der Waals surface area contributed by atoms with Crippen LogP contribution in [0.1, 0.15) is 25.3 Å². The molecule has 1 aliphatic carbocycles. The Morgan fingerprint density at radius 1 is 1.31 bits per heavy atom. The smallest absolute Gasteiger partial charge is 0.288 e. The molecule has 0 aliphatic heterocycles. The molecule has 88 valence electrons. The van der Waals surface area contributed by atoms with Crippen molar-refractivity contribution >= 4 is 11.8 Å². The average Bonchev–Trinajstić information content (AvgIpc) is 2.98. The van der Waals surface area contributed by atoms with Gasteiger partial charge in [-0.3, -0.25) is 0 Å². The van der Waals surface area contributed by atoms with Crippen LogP contribution in [0.3, 0.4) is 0 Å². The molecule has 1 atom stereocenters. The highest BCUT2D eigenvalue weighted by molar-refractivity contribution is 7.99. The Hall–Kier alpha value is -0.610. The van der Waals surface area contributed by atoms with Crippen molar-refractivity contribution in [3.8, 4) is 0 Å². The van der Waals surface area contributed by atoms with Gasteiger partial charge < -0.3 is 5.73 Å². The van der Waals surface area contributed by atoms with E-state index in [4.69, 9.17) is 5.73 Å². The maximum atomic E-state index is 12.4. The molecule has 0 aromatic heterocycles. The van der Waals surface area contributed by atoms with E-state index in [0.717, 1.165) is 18.4 Å². The summed E-state index contributed by atoms with van der Waals surface area (Å²) in [5.74, 6) is -2.37. The van der Waals surface area contributed by atoms with E-state index in [1.165, 1.54) is 0 Å². The molecule has 0 amide bonds. The molecular weight excluding hydrogens is 228 g/mol. The lowest BCUT2D eigenvalue weighted by molar-refractivity contribution is 0.252. The lowest BCUT2D eigenvalue weighted by Gasteiger charge is -2.22. The van der Waals surface area contributed by atoms with E-state index in [1.54, 1.807) is 12.1 Å². The van der Waals surface area contributed by atoms with Crippen molar-refractivity contribution in [1.29, 1.82) is 0 Å². The van der Waals surface area contributed by atoms with Crippen LogP contribution in [0.15, 0.2) is 29.2 Å². The number of hydrogen-bond donors (Lipinski definition) is 1. The lowest BCUT2D eigenvalue weighted by atomic mass is 9.89. The van der Waals surface area contributed by atoms with Crippen LogP contribution in [0, 0.1) is 0 Å². The van der Waals surface area contributed by atoms with Gasteiger partial charge in [0.25, 0.3) is 5.76 Å². The third-order valence-corrected chi connectivity index (χ3v) is 4.09. The molecule has 0 heterocycles. The van der Waals surface area contributed by atoms with Gasteiger partial charge in [-0.2, -0.15) is 8.78 Å². The lowest BCUT2D eigenvalue weighted by Crippen LogP contribution is -2.32. The van der Waals surface area contributed by atoms with Crippen molar-refractivity contribution in [2.24, 2.45) is 5.73 Å². The fourth-order valence-corrected chi connectivity index (χ4v) is 2.93. The van der Waals surface area contributed by atoms with Crippen molar-refractivity contribution in [2.45, 2.75) is 41.9 Å². The molecule has 2 N–H and O–H groups in total. The topological polar surface area (TPSA) is 26.0 Å². The average molecular weight is 243 g/mol. The third-order valence-electron chi connectivity index (χ3n) is 3.30. The molecule has 0 spiro atoms. The number of rotatable bonds is 4. The van der Waals surface area contributed by atoms with Gasteiger partial charge in [0, 0.05) is 16.4 Å². The number of halogens is 2. The van der Waals surface area contributed by atoms with Crippen molar-refractivity contribution in [2.75, 3.05) is 0 Å². The Bertz CT molecular complexity index is 375. The Balaban J connectivity index is 2.33. The van der Waals surface area contributed by atoms with Crippen LogP contribution >= 0.6 is 11.8 Å². The van der Waals surface area contributed by atoms with Crippen LogP contribution in [0.25, 0.3) is 0 Å². The van der Waals surface area contributed by atoms with Gasteiger partial charge in [-0.05, 0) is 31.4 Å². The molecule has 2 rings (SSSR count). The minimum atomic E-state index is -2.37. The fourth-order valence-electron chi connectivity index (χ4n) is 2.18. The van der Waals surface area contributed by atoms with E-state index in [1.807, 2.05) is 19.1 Å². The zero-order valence-electron chi connectivity index (χ0n) is 9.12. The van der Waals surface area contributed by atoms with Crippen molar-refractivity contribution < 1.29 is 8.78 Å². The van der Waals surface area contributed by atoms with Gasteiger partial charge in [0.2, 0.25) is 0 Å². The first-order valence-electron chi connectivity index (χ1n) is 5.36. The van der Waals surface area contributed by atoms with E-state index in [0.29, 0.717) is 16.7 Å². The quantitative estimate of drug-likeness (QED) is 0.820. The second kappa shape index (κ2) is 4.34. The highest BCUT2D eigenvalue weighted by Crippen LogP contribution is 2.53. The van der Waals surface area contributed by atoms with E-state index in [2.05, 4.69) is 0 Å². The Morgan fingerprint density at radius 2 is 1.94 bits per heavy atom. The van der Waals surface area contributed by atoms with Gasteiger partial charge in [0.1, 0.15) is 0 Å². The van der Waals surface area contributed by atoms with Gasteiger partial charge >= 0.3 is 0 Å². The van der Waals surface area contributed by atoms with Crippen LogP contribution in [0.2, 0.25) is 0 Å². The second-order valence-corrected chi connectivity index (χ2v) is 5.35. The minimum Gasteiger partial charge on any atom is -0.327 e. The minimum absolute atomic E-state index is 0.0203. The molecule has 1 aromatic rings. The highest BCUT2D eigenvalue weighted by atomic mass is 32.2. The van der Waals surface area contributed by atoms with Crippen molar-refractivity contribution in [3.63, 3.8) is 0 Å². The van der Waals surface area contributed by atoms with Crippen molar-refractivity contribution in [1.82, 2.24) is 0 Å². The van der Waals surface area contributed by atoms with E-state index < -0.39 is 5.76 Å². The first-order chi connectivity index (χ1) is 7.56. The van der Waals surface area contributed by atoms with Gasteiger partial charge in [0.05, 0.1) is 0 Å². The molecule has 1 saturated carbocycles. The number of thioether (sulfide) groups is 1. The molecule has 1 nitrogen and oxygen atoms in total. The Kier molecular flexibility index (Phi) is 3.22. The summed E-state index contributed by atoms with van der Waals surface area (Å²) in [6.07, 6.45) is 2.01. The summed E-state index contributed by atoms with van der Waals surface area (Å²) in [6.45, 7) is 1.96. The first-order valence-corrected chi connectivity index (χ1v) is 6.24. The highest BCUT2D eigenvalue weighted by Gasteiger charge is 2.48. The molecular formula is C12H15F2NS. The van der Waals surface area contributed by atoms with Gasteiger partial charge in [-0.25, -0.2) is 0 Å². The molecule has 16 heavy (non-hydrogen) atoms. The summed E-state index contributed by atoms with van der Waals surface area (Å²) < 4.78 is 24.9. The molecule has 0 radical (unpaired) electrons. The number of alkyl halides is 2. The Morgan fingerprint density at radius 3 is 2.44 bits per heavy atom. The standard InChI is InChI=1S/C12H15F2NS/c1-8(15)12(6-7-12)9-4-2-3-5-10(9)16-11(13)14/h2-5,8,11H,6-7,15H2,1H3. The van der Waals surface area contributed by atoms with E-state index in [-0.39, 0.29) is 11.5 Å².